The van der Waals surface area contributed by atoms with Gasteiger partial charge in [0.25, 0.3) is 0 Å². The summed E-state index contributed by atoms with van der Waals surface area (Å²) in [5.41, 5.74) is 5.95. The minimum Gasteiger partial charge on any atom is -0.389 e. The van der Waals surface area contributed by atoms with E-state index in [0.29, 0.717) is 12.0 Å². The van der Waals surface area contributed by atoms with Crippen LogP contribution in [0.3, 0.4) is 0 Å². The van der Waals surface area contributed by atoms with Crippen molar-refractivity contribution in [3.8, 4) is 0 Å². The normalized spacial score (nSPS) is 22.9. The van der Waals surface area contributed by atoms with Crippen molar-refractivity contribution in [2.24, 2.45) is 5.73 Å². The lowest BCUT2D eigenvalue weighted by atomic mass is 10.2. The molecule has 7 heteroatoms. The first kappa shape index (κ1) is 15.4. The second-order valence-corrected chi connectivity index (χ2v) is 6.97. The van der Waals surface area contributed by atoms with Crippen molar-refractivity contribution >= 4 is 27.2 Å². The highest BCUT2D eigenvalue weighted by Gasteiger charge is 2.29. The predicted octanol–water partition coefficient (Wildman–Crippen LogP) is 1.17. The summed E-state index contributed by atoms with van der Waals surface area (Å²) in [5, 5.41) is 0. The Morgan fingerprint density at radius 3 is 2.70 bits per heavy atom. The molecule has 0 heterocycles. The molecule has 0 spiro atoms. The molecular weight excluding hydrogens is 296 g/mol. The van der Waals surface area contributed by atoms with Crippen molar-refractivity contribution in [3.05, 3.63) is 29.8 Å². The molecule has 0 saturated heterocycles. The van der Waals surface area contributed by atoms with Crippen LogP contribution in [0, 0.1) is 0 Å². The SMILES string of the molecule is COC1CCC(NS(=O)(=O)c2ccccc2C(N)=S)C1. The number of thiocarbonyl (C=S) groups is 1. The van der Waals surface area contributed by atoms with Crippen molar-refractivity contribution in [3.63, 3.8) is 0 Å². The van der Waals surface area contributed by atoms with Crippen LogP contribution in [-0.4, -0.2) is 32.7 Å². The summed E-state index contributed by atoms with van der Waals surface area (Å²) < 4.78 is 32.8. The maximum Gasteiger partial charge on any atom is 0.241 e. The van der Waals surface area contributed by atoms with Crippen LogP contribution in [0.5, 0.6) is 0 Å². The summed E-state index contributed by atoms with van der Waals surface area (Å²) in [5.74, 6) is 0. The van der Waals surface area contributed by atoms with Crippen molar-refractivity contribution in [1.29, 1.82) is 0 Å². The molecule has 1 aliphatic rings. The largest absolute Gasteiger partial charge is 0.389 e. The van der Waals surface area contributed by atoms with Crippen LogP contribution in [-0.2, 0) is 14.8 Å². The molecule has 1 fully saturated rings. The molecule has 1 aromatic carbocycles. The molecule has 5 nitrogen and oxygen atoms in total. The third-order valence-electron chi connectivity index (χ3n) is 3.48. The lowest BCUT2D eigenvalue weighted by molar-refractivity contribution is 0.107. The van der Waals surface area contributed by atoms with Gasteiger partial charge in [-0.1, -0.05) is 30.4 Å². The van der Waals surface area contributed by atoms with Gasteiger partial charge in [-0.2, -0.15) is 0 Å². The zero-order valence-corrected chi connectivity index (χ0v) is 12.8. The number of ether oxygens (including phenoxy) is 1. The van der Waals surface area contributed by atoms with Gasteiger partial charge in [0, 0.05) is 18.7 Å². The summed E-state index contributed by atoms with van der Waals surface area (Å²) in [6, 6.07) is 6.39. The van der Waals surface area contributed by atoms with Crippen molar-refractivity contribution in [1.82, 2.24) is 4.72 Å². The fourth-order valence-electron chi connectivity index (χ4n) is 2.45. The Hall–Kier alpha value is -1.02. The molecule has 110 valence electrons. The average Bonchev–Trinajstić information content (AvgIpc) is 2.85. The van der Waals surface area contributed by atoms with Gasteiger partial charge in [0.15, 0.2) is 0 Å². The van der Waals surface area contributed by atoms with Crippen LogP contribution < -0.4 is 10.5 Å². The second-order valence-electron chi connectivity index (χ2n) is 4.85. The quantitative estimate of drug-likeness (QED) is 0.797. The molecule has 1 aromatic rings. The Labute approximate surface area is 124 Å². The number of rotatable bonds is 5. The Kier molecular flexibility index (Phi) is 4.74. The minimum atomic E-state index is -3.62. The average molecular weight is 314 g/mol. The smallest absolute Gasteiger partial charge is 0.241 e. The Balaban J connectivity index is 2.21. The Bertz CT molecular complexity index is 601. The summed E-state index contributed by atoms with van der Waals surface area (Å²) in [6.07, 6.45) is 2.44. The maximum atomic E-state index is 12.4. The molecule has 1 saturated carbocycles. The van der Waals surface area contributed by atoms with Gasteiger partial charge >= 0.3 is 0 Å². The van der Waals surface area contributed by atoms with Gasteiger partial charge < -0.3 is 10.5 Å². The summed E-state index contributed by atoms with van der Waals surface area (Å²) in [4.78, 5) is 0.209. The van der Waals surface area contributed by atoms with Crippen LogP contribution in [0.25, 0.3) is 0 Å². The first-order valence-electron chi connectivity index (χ1n) is 6.38. The molecule has 20 heavy (non-hydrogen) atoms. The molecule has 0 radical (unpaired) electrons. The van der Waals surface area contributed by atoms with Crippen LogP contribution in [0.1, 0.15) is 24.8 Å². The highest BCUT2D eigenvalue weighted by Crippen LogP contribution is 2.24. The monoisotopic (exact) mass is 314 g/mol. The van der Waals surface area contributed by atoms with E-state index < -0.39 is 10.0 Å². The summed E-state index contributed by atoms with van der Waals surface area (Å²) >= 11 is 4.90. The Morgan fingerprint density at radius 1 is 1.40 bits per heavy atom. The third kappa shape index (κ3) is 3.35. The molecule has 0 aliphatic heterocycles. The predicted molar refractivity (Wildman–Crippen MR) is 81.1 cm³/mol. The Morgan fingerprint density at radius 2 is 2.10 bits per heavy atom. The van der Waals surface area contributed by atoms with E-state index in [4.69, 9.17) is 22.7 Å². The fraction of sp³-hybridized carbons (Fsp3) is 0.462. The first-order chi connectivity index (χ1) is 9.44. The van der Waals surface area contributed by atoms with Crippen LogP contribution in [0.4, 0.5) is 0 Å². The lowest BCUT2D eigenvalue weighted by Gasteiger charge is -2.15. The van der Waals surface area contributed by atoms with Gasteiger partial charge in [0.2, 0.25) is 10.0 Å². The van der Waals surface area contributed by atoms with Crippen molar-refractivity contribution in [2.75, 3.05) is 7.11 Å². The number of nitrogens with two attached hydrogens (primary N) is 1. The first-order valence-corrected chi connectivity index (χ1v) is 8.27. The van der Waals surface area contributed by atoms with E-state index >= 15 is 0 Å². The lowest BCUT2D eigenvalue weighted by Crippen LogP contribution is -2.34. The van der Waals surface area contributed by atoms with Crippen molar-refractivity contribution < 1.29 is 13.2 Å². The number of methoxy groups -OCH3 is 1. The maximum absolute atomic E-state index is 12.4. The highest BCUT2D eigenvalue weighted by molar-refractivity contribution is 7.89. The molecular formula is C13H18N2O3S2. The number of hydrogen-bond donors (Lipinski definition) is 2. The zero-order chi connectivity index (χ0) is 14.8. The van der Waals surface area contributed by atoms with E-state index in [-0.39, 0.29) is 22.0 Å². The zero-order valence-electron chi connectivity index (χ0n) is 11.2. The molecule has 0 amide bonds. The van der Waals surface area contributed by atoms with E-state index in [1.165, 1.54) is 6.07 Å². The molecule has 2 rings (SSSR count). The van der Waals surface area contributed by atoms with Gasteiger partial charge in [0.05, 0.1) is 11.0 Å². The molecule has 0 bridgehead atoms. The molecule has 1 aliphatic carbocycles. The van der Waals surface area contributed by atoms with E-state index in [1.807, 2.05) is 0 Å². The van der Waals surface area contributed by atoms with E-state index in [2.05, 4.69) is 4.72 Å². The number of nitrogens with one attached hydrogen (secondary N) is 1. The third-order valence-corrected chi connectivity index (χ3v) is 5.28. The standard InChI is InChI=1S/C13H18N2O3S2/c1-18-10-7-6-9(8-10)15-20(16,17)12-5-3-2-4-11(12)13(14)19/h2-5,9-10,15H,6-8H2,1H3,(H2,14,19). The number of hydrogen-bond acceptors (Lipinski definition) is 4. The van der Waals surface area contributed by atoms with E-state index in [9.17, 15) is 8.42 Å². The number of benzene rings is 1. The van der Waals surface area contributed by atoms with Gasteiger partial charge in [0.1, 0.15) is 4.99 Å². The topological polar surface area (TPSA) is 81.4 Å². The van der Waals surface area contributed by atoms with Crippen LogP contribution in [0.15, 0.2) is 29.2 Å². The minimum absolute atomic E-state index is 0.0761. The summed E-state index contributed by atoms with van der Waals surface area (Å²) in [7, 11) is -1.98. The molecule has 0 aromatic heterocycles. The fourth-order valence-corrected chi connectivity index (χ4v) is 4.20. The molecule has 3 N–H and O–H groups in total. The van der Waals surface area contributed by atoms with E-state index in [1.54, 1.807) is 25.3 Å². The van der Waals surface area contributed by atoms with Gasteiger partial charge in [-0.25, -0.2) is 13.1 Å². The van der Waals surface area contributed by atoms with Crippen LogP contribution in [0.2, 0.25) is 0 Å². The molecule has 2 unspecified atom stereocenters. The number of sulfonamides is 1. The van der Waals surface area contributed by atoms with Gasteiger partial charge in [-0.15, -0.1) is 0 Å². The highest BCUT2D eigenvalue weighted by atomic mass is 32.2. The van der Waals surface area contributed by atoms with Gasteiger partial charge in [-0.3, -0.25) is 0 Å². The second kappa shape index (κ2) is 6.17. The van der Waals surface area contributed by atoms with Crippen LogP contribution >= 0.6 is 12.2 Å². The van der Waals surface area contributed by atoms with Crippen molar-refractivity contribution in [2.45, 2.75) is 36.3 Å². The molecule has 2 atom stereocenters. The van der Waals surface area contributed by atoms with E-state index in [0.717, 1.165) is 12.8 Å². The summed E-state index contributed by atoms with van der Waals surface area (Å²) in [6.45, 7) is 0. The van der Waals surface area contributed by atoms with Gasteiger partial charge in [-0.05, 0) is 25.3 Å².